The molecule has 2 heterocycles. The van der Waals surface area contributed by atoms with Crippen LogP contribution in [-0.4, -0.2) is 14.8 Å². The summed E-state index contributed by atoms with van der Waals surface area (Å²) in [6, 6.07) is 3.88. The molecule has 0 unspecified atom stereocenters. The number of hydrogen-bond acceptors (Lipinski definition) is 4. The Hall–Kier alpha value is -1.88. The van der Waals surface area contributed by atoms with Crippen molar-refractivity contribution < 1.29 is 0 Å². The maximum absolute atomic E-state index is 12.4. The normalized spacial score (nSPS) is 14.2. The third-order valence-electron chi connectivity index (χ3n) is 3.68. The fourth-order valence-corrected chi connectivity index (χ4v) is 2.37. The Bertz CT molecular complexity index is 709. The molecule has 0 aliphatic heterocycles. The molecule has 6 heteroatoms. The molecule has 1 aliphatic rings. The monoisotopic (exact) mass is 304 g/mol. The quantitative estimate of drug-likeness (QED) is 0.922. The molecule has 21 heavy (non-hydrogen) atoms. The van der Waals surface area contributed by atoms with Crippen molar-refractivity contribution in [3.8, 4) is 0 Å². The molecule has 0 radical (unpaired) electrons. The molecule has 0 bridgehead atoms. The van der Waals surface area contributed by atoms with Crippen molar-refractivity contribution in [3.05, 3.63) is 51.2 Å². The summed E-state index contributed by atoms with van der Waals surface area (Å²) in [7, 11) is 0. The van der Waals surface area contributed by atoms with E-state index in [9.17, 15) is 4.79 Å². The largest absolute Gasteiger partial charge is 0.374 e. The maximum Gasteiger partial charge on any atom is 0.291 e. The summed E-state index contributed by atoms with van der Waals surface area (Å²) < 4.78 is 1.50. The second-order valence-electron chi connectivity index (χ2n) is 5.42. The second-order valence-corrected chi connectivity index (χ2v) is 5.83. The van der Waals surface area contributed by atoms with Crippen LogP contribution in [0.3, 0.4) is 0 Å². The van der Waals surface area contributed by atoms with Crippen LogP contribution in [0.25, 0.3) is 0 Å². The van der Waals surface area contributed by atoms with Gasteiger partial charge >= 0.3 is 0 Å². The Balaban J connectivity index is 1.81. The Morgan fingerprint density at radius 3 is 3.00 bits per heavy atom. The van der Waals surface area contributed by atoms with E-state index in [0.29, 0.717) is 29.7 Å². The van der Waals surface area contributed by atoms with Crippen molar-refractivity contribution in [2.75, 3.05) is 5.32 Å². The van der Waals surface area contributed by atoms with Crippen molar-refractivity contribution >= 4 is 17.3 Å². The van der Waals surface area contributed by atoms with E-state index in [2.05, 4.69) is 15.4 Å². The number of rotatable bonds is 5. The molecule has 1 N–H and O–H groups in total. The number of pyridine rings is 1. The minimum absolute atomic E-state index is 0.164. The third-order valence-corrected chi connectivity index (χ3v) is 3.96. The van der Waals surface area contributed by atoms with Gasteiger partial charge < -0.3 is 5.32 Å². The smallest absolute Gasteiger partial charge is 0.291 e. The van der Waals surface area contributed by atoms with E-state index in [0.717, 1.165) is 11.3 Å². The highest BCUT2D eigenvalue weighted by Crippen LogP contribution is 2.30. The predicted molar refractivity (Wildman–Crippen MR) is 82.5 cm³/mol. The first-order chi connectivity index (χ1) is 10.1. The number of aromatic nitrogens is 3. The van der Waals surface area contributed by atoms with Crippen molar-refractivity contribution in [1.29, 1.82) is 0 Å². The van der Waals surface area contributed by atoms with E-state index >= 15 is 0 Å². The van der Waals surface area contributed by atoms with Crippen molar-refractivity contribution in [2.45, 2.75) is 32.9 Å². The lowest BCUT2D eigenvalue weighted by Crippen LogP contribution is -2.27. The van der Waals surface area contributed by atoms with Crippen molar-refractivity contribution in [2.24, 2.45) is 5.92 Å². The van der Waals surface area contributed by atoms with Crippen LogP contribution in [0.2, 0.25) is 5.02 Å². The number of nitrogens with zero attached hydrogens (tertiary/aromatic N) is 3. The van der Waals surface area contributed by atoms with Gasteiger partial charge in [-0.2, -0.15) is 5.10 Å². The standard InChI is InChI=1S/C15H17ClN4O/c1-10-3-2-6-17-13(10)8-18-14-12(16)7-19-20(15(14)21)9-11-4-5-11/h2-3,6-7,11,18H,4-5,8-9H2,1H3. The zero-order chi connectivity index (χ0) is 14.8. The van der Waals surface area contributed by atoms with Gasteiger partial charge in [-0.1, -0.05) is 17.7 Å². The molecule has 0 atom stereocenters. The highest BCUT2D eigenvalue weighted by atomic mass is 35.5. The minimum atomic E-state index is -0.164. The predicted octanol–water partition coefficient (Wildman–Crippen LogP) is 2.62. The lowest BCUT2D eigenvalue weighted by atomic mass is 10.2. The summed E-state index contributed by atoms with van der Waals surface area (Å²) in [4.78, 5) is 16.7. The first-order valence-electron chi connectivity index (χ1n) is 7.05. The van der Waals surface area contributed by atoms with Gasteiger partial charge in [0.1, 0.15) is 5.69 Å². The Morgan fingerprint density at radius 1 is 1.48 bits per heavy atom. The number of hydrogen-bond donors (Lipinski definition) is 1. The van der Waals surface area contributed by atoms with Gasteiger partial charge in [0.05, 0.1) is 23.5 Å². The van der Waals surface area contributed by atoms with Crippen LogP contribution < -0.4 is 10.9 Å². The maximum atomic E-state index is 12.4. The summed E-state index contributed by atoms with van der Waals surface area (Å²) in [5.41, 5.74) is 2.22. The minimum Gasteiger partial charge on any atom is -0.374 e. The average Bonchev–Trinajstić information content (AvgIpc) is 3.28. The van der Waals surface area contributed by atoms with Gasteiger partial charge in [-0.05, 0) is 37.3 Å². The molecule has 1 fully saturated rings. The molecule has 2 aromatic rings. The van der Waals surface area contributed by atoms with E-state index in [-0.39, 0.29) is 5.56 Å². The van der Waals surface area contributed by atoms with Crippen LogP contribution in [0, 0.1) is 12.8 Å². The van der Waals surface area contributed by atoms with Crippen LogP contribution in [0.15, 0.2) is 29.3 Å². The van der Waals surface area contributed by atoms with Crippen LogP contribution >= 0.6 is 11.6 Å². The molecule has 110 valence electrons. The Labute approximate surface area is 128 Å². The fraction of sp³-hybridized carbons (Fsp3) is 0.400. The second kappa shape index (κ2) is 5.85. The molecule has 2 aromatic heterocycles. The molecule has 1 aliphatic carbocycles. The highest BCUT2D eigenvalue weighted by Gasteiger charge is 2.23. The van der Waals surface area contributed by atoms with E-state index in [1.165, 1.54) is 23.7 Å². The van der Waals surface area contributed by atoms with E-state index in [1.54, 1.807) is 6.20 Å². The Morgan fingerprint density at radius 2 is 2.29 bits per heavy atom. The number of halogens is 1. The van der Waals surface area contributed by atoms with Crippen LogP contribution in [-0.2, 0) is 13.1 Å². The topological polar surface area (TPSA) is 59.8 Å². The molecule has 3 rings (SSSR count). The Kier molecular flexibility index (Phi) is 3.92. The number of nitrogens with one attached hydrogen (secondary N) is 1. The summed E-state index contributed by atoms with van der Waals surface area (Å²) in [5.74, 6) is 0.585. The molecular weight excluding hydrogens is 288 g/mol. The van der Waals surface area contributed by atoms with Crippen LogP contribution in [0.5, 0.6) is 0 Å². The molecular formula is C15H17ClN4O. The zero-order valence-corrected chi connectivity index (χ0v) is 12.6. The molecule has 5 nitrogen and oxygen atoms in total. The van der Waals surface area contributed by atoms with E-state index in [4.69, 9.17) is 11.6 Å². The number of anilines is 1. The summed E-state index contributed by atoms with van der Waals surface area (Å²) >= 11 is 6.10. The van der Waals surface area contributed by atoms with E-state index < -0.39 is 0 Å². The molecule has 1 saturated carbocycles. The van der Waals surface area contributed by atoms with Gasteiger partial charge in [0.25, 0.3) is 5.56 Å². The first kappa shape index (κ1) is 14.1. The summed E-state index contributed by atoms with van der Waals surface area (Å²) in [6.45, 7) is 3.13. The van der Waals surface area contributed by atoms with Crippen molar-refractivity contribution in [1.82, 2.24) is 14.8 Å². The van der Waals surface area contributed by atoms with E-state index in [1.807, 2.05) is 19.1 Å². The molecule has 0 spiro atoms. The van der Waals surface area contributed by atoms with Crippen molar-refractivity contribution in [3.63, 3.8) is 0 Å². The van der Waals surface area contributed by atoms with Gasteiger partial charge in [-0.25, -0.2) is 4.68 Å². The molecule has 0 aromatic carbocycles. The van der Waals surface area contributed by atoms with Gasteiger partial charge in [0.15, 0.2) is 0 Å². The van der Waals surface area contributed by atoms with Gasteiger partial charge in [-0.3, -0.25) is 9.78 Å². The number of aryl methyl sites for hydroxylation is 1. The molecule has 0 amide bonds. The first-order valence-corrected chi connectivity index (χ1v) is 7.43. The van der Waals surface area contributed by atoms with Gasteiger partial charge in [0, 0.05) is 12.7 Å². The molecule has 0 saturated heterocycles. The van der Waals surface area contributed by atoms with Crippen LogP contribution in [0.1, 0.15) is 24.1 Å². The fourth-order valence-electron chi connectivity index (χ4n) is 2.18. The summed E-state index contributed by atoms with van der Waals surface area (Å²) in [5, 5.41) is 7.56. The average molecular weight is 305 g/mol. The van der Waals surface area contributed by atoms with Crippen LogP contribution in [0.4, 0.5) is 5.69 Å². The van der Waals surface area contributed by atoms with Gasteiger partial charge in [-0.15, -0.1) is 0 Å². The highest BCUT2D eigenvalue weighted by molar-refractivity contribution is 6.32. The lowest BCUT2D eigenvalue weighted by Gasteiger charge is -2.11. The third kappa shape index (κ3) is 3.24. The zero-order valence-electron chi connectivity index (χ0n) is 11.8. The van der Waals surface area contributed by atoms with Gasteiger partial charge in [0.2, 0.25) is 0 Å². The lowest BCUT2D eigenvalue weighted by molar-refractivity contribution is 0.534. The summed E-state index contributed by atoms with van der Waals surface area (Å²) in [6.07, 6.45) is 5.61. The SMILES string of the molecule is Cc1cccnc1CNc1c(Cl)cnn(CC2CC2)c1=O.